The standard InChI is InChI=1S/C14H13Cl2NO2S/c1-2-10-5-3-4-6-14(10)17-20(18,19)11-7-8-12(15)13(16)9-11/h3-9,17H,2H2,1H3. The second-order valence-corrected chi connectivity index (χ2v) is 6.69. The Kier molecular flexibility index (Phi) is 4.58. The average molecular weight is 330 g/mol. The quantitative estimate of drug-likeness (QED) is 0.905. The summed E-state index contributed by atoms with van der Waals surface area (Å²) in [6.07, 6.45) is 0.736. The highest BCUT2D eigenvalue weighted by Crippen LogP contribution is 2.26. The van der Waals surface area contributed by atoms with Gasteiger partial charge in [-0.3, -0.25) is 4.72 Å². The summed E-state index contributed by atoms with van der Waals surface area (Å²) in [5, 5.41) is 0.526. The van der Waals surface area contributed by atoms with E-state index in [0.29, 0.717) is 10.7 Å². The molecule has 1 N–H and O–H groups in total. The Bertz CT molecular complexity index is 730. The summed E-state index contributed by atoms with van der Waals surface area (Å²) >= 11 is 11.6. The van der Waals surface area contributed by atoms with Crippen molar-refractivity contribution in [2.45, 2.75) is 18.2 Å². The Labute approximate surface area is 128 Å². The molecule has 3 nitrogen and oxygen atoms in total. The van der Waals surface area contributed by atoms with Gasteiger partial charge in [0.15, 0.2) is 0 Å². The number of nitrogens with one attached hydrogen (secondary N) is 1. The van der Waals surface area contributed by atoms with Crippen LogP contribution in [0, 0.1) is 0 Å². The minimum Gasteiger partial charge on any atom is -0.279 e. The van der Waals surface area contributed by atoms with Crippen molar-refractivity contribution in [3.05, 3.63) is 58.1 Å². The fourth-order valence-corrected chi connectivity index (χ4v) is 3.27. The van der Waals surface area contributed by atoms with Crippen LogP contribution in [0.3, 0.4) is 0 Å². The number of hydrogen-bond donors (Lipinski definition) is 1. The Balaban J connectivity index is 2.38. The lowest BCUT2D eigenvalue weighted by atomic mass is 10.1. The van der Waals surface area contributed by atoms with Crippen LogP contribution in [0.5, 0.6) is 0 Å². The predicted octanol–water partition coefficient (Wildman–Crippen LogP) is 4.36. The third-order valence-electron chi connectivity index (χ3n) is 2.84. The van der Waals surface area contributed by atoms with E-state index in [9.17, 15) is 8.42 Å². The minimum absolute atomic E-state index is 0.0813. The number of halogens is 2. The van der Waals surface area contributed by atoms with E-state index in [-0.39, 0.29) is 9.92 Å². The third kappa shape index (κ3) is 3.26. The molecule has 0 spiro atoms. The molecule has 0 amide bonds. The molecule has 0 aromatic heterocycles. The maximum Gasteiger partial charge on any atom is 0.261 e. The predicted molar refractivity (Wildman–Crippen MR) is 83.1 cm³/mol. The van der Waals surface area contributed by atoms with Crippen LogP contribution < -0.4 is 4.72 Å². The Morgan fingerprint density at radius 2 is 1.75 bits per heavy atom. The molecule has 0 fully saturated rings. The second-order valence-electron chi connectivity index (χ2n) is 4.19. The van der Waals surface area contributed by atoms with E-state index in [2.05, 4.69) is 4.72 Å². The molecular weight excluding hydrogens is 317 g/mol. The Morgan fingerprint density at radius 3 is 2.40 bits per heavy atom. The summed E-state index contributed by atoms with van der Waals surface area (Å²) in [6.45, 7) is 1.96. The summed E-state index contributed by atoms with van der Waals surface area (Å²) in [6, 6.07) is 11.5. The fourth-order valence-electron chi connectivity index (χ4n) is 1.78. The maximum absolute atomic E-state index is 12.3. The highest BCUT2D eigenvalue weighted by molar-refractivity contribution is 7.92. The van der Waals surface area contributed by atoms with Crippen molar-refractivity contribution < 1.29 is 8.42 Å². The zero-order valence-electron chi connectivity index (χ0n) is 10.7. The van der Waals surface area contributed by atoms with E-state index in [0.717, 1.165) is 12.0 Å². The summed E-state index contributed by atoms with van der Waals surface area (Å²) in [7, 11) is -3.68. The first-order valence-electron chi connectivity index (χ1n) is 6.00. The van der Waals surface area contributed by atoms with Gasteiger partial charge in [-0.05, 0) is 36.2 Å². The van der Waals surface area contributed by atoms with Crippen molar-refractivity contribution in [3.63, 3.8) is 0 Å². The van der Waals surface area contributed by atoms with Gasteiger partial charge in [0.2, 0.25) is 0 Å². The topological polar surface area (TPSA) is 46.2 Å². The normalized spacial score (nSPS) is 11.3. The van der Waals surface area contributed by atoms with Crippen LogP contribution in [0.25, 0.3) is 0 Å². The molecule has 0 bridgehead atoms. The van der Waals surface area contributed by atoms with E-state index >= 15 is 0 Å². The third-order valence-corrected chi connectivity index (χ3v) is 4.95. The van der Waals surface area contributed by atoms with E-state index in [4.69, 9.17) is 23.2 Å². The highest BCUT2D eigenvalue weighted by Gasteiger charge is 2.16. The molecule has 0 aliphatic rings. The van der Waals surface area contributed by atoms with Crippen LogP contribution in [-0.4, -0.2) is 8.42 Å². The Hall–Kier alpha value is -1.23. The van der Waals surface area contributed by atoms with Crippen molar-refractivity contribution in [3.8, 4) is 0 Å². The summed E-state index contributed by atoms with van der Waals surface area (Å²) in [5.74, 6) is 0. The van der Waals surface area contributed by atoms with Crippen molar-refractivity contribution in [1.82, 2.24) is 0 Å². The molecule has 0 atom stereocenters. The molecule has 0 saturated carbocycles. The van der Waals surface area contributed by atoms with E-state index in [1.54, 1.807) is 12.1 Å². The first-order chi connectivity index (χ1) is 9.44. The van der Waals surface area contributed by atoms with Gasteiger partial charge in [0, 0.05) is 0 Å². The largest absolute Gasteiger partial charge is 0.279 e. The van der Waals surface area contributed by atoms with Gasteiger partial charge in [0.05, 0.1) is 20.6 Å². The molecule has 2 rings (SSSR count). The summed E-state index contributed by atoms with van der Waals surface area (Å²) in [5.41, 5.74) is 1.50. The van der Waals surface area contributed by atoms with Crippen LogP contribution >= 0.6 is 23.2 Å². The molecule has 0 heterocycles. The molecule has 2 aromatic carbocycles. The van der Waals surface area contributed by atoms with Crippen LogP contribution in [0.2, 0.25) is 10.0 Å². The van der Waals surface area contributed by atoms with Crippen molar-refractivity contribution in [2.75, 3.05) is 4.72 Å². The fraction of sp³-hybridized carbons (Fsp3) is 0.143. The molecule has 106 valence electrons. The van der Waals surface area contributed by atoms with Crippen LogP contribution in [0.1, 0.15) is 12.5 Å². The molecule has 2 aromatic rings. The average Bonchev–Trinajstić information content (AvgIpc) is 2.42. The van der Waals surface area contributed by atoms with Crippen LogP contribution in [0.4, 0.5) is 5.69 Å². The highest BCUT2D eigenvalue weighted by atomic mass is 35.5. The molecule has 20 heavy (non-hydrogen) atoms. The Morgan fingerprint density at radius 1 is 1.05 bits per heavy atom. The molecular formula is C14H13Cl2NO2S. The number of hydrogen-bond acceptors (Lipinski definition) is 2. The number of benzene rings is 2. The number of aryl methyl sites for hydroxylation is 1. The van der Waals surface area contributed by atoms with Crippen molar-refractivity contribution >= 4 is 38.9 Å². The van der Waals surface area contributed by atoms with E-state index in [1.165, 1.54) is 18.2 Å². The van der Waals surface area contributed by atoms with Gasteiger partial charge in [-0.1, -0.05) is 48.3 Å². The van der Waals surface area contributed by atoms with Gasteiger partial charge in [-0.15, -0.1) is 0 Å². The van der Waals surface area contributed by atoms with Gasteiger partial charge in [-0.25, -0.2) is 8.42 Å². The van der Waals surface area contributed by atoms with E-state index < -0.39 is 10.0 Å². The first kappa shape index (κ1) is 15.2. The zero-order valence-corrected chi connectivity index (χ0v) is 13.1. The maximum atomic E-state index is 12.3. The molecule has 0 aliphatic heterocycles. The molecule has 0 saturated heterocycles. The SMILES string of the molecule is CCc1ccccc1NS(=O)(=O)c1ccc(Cl)c(Cl)c1. The van der Waals surface area contributed by atoms with Gasteiger partial charge >= 0.3 is 0 Å². The van der Waals surface area contributed by atoms with E-state index in [1.807, 2.05) is 19.1 Å². The monoisotopic (exact) mass is 329 g/mol. The lowest BCUT2D eigenvalue weighted by Gasteiger charge is -2.12. The minimum atomic E-state index is -3.68. The van der Waals surface area contributed by atoms with Crippen LogP contribution in [-0.2, 0) is 16.4 Å². The zero-order chi connectivity index (χ0) is 14.8. The first-order valence-corrected chi connectivity index (χ1v) is 8.23. The van der Waals surface area contributed by atoms with Gasteiger partial charge in [0.25, 0.3) is 10.0 Å². The van der Waals surface area contributed by atoms with Gasteiger partial charge < -0.3 is 0 Å². The second kappa shape index (κ2) is 6.04. The van der Waals surface area contributed by atoms with Gasteiger partial charge in [0.1, 0.15) is 0 Å². The molecule has 0 radical (unpaired) electrons. The number of anilines is 1. The molecule has 0 unspecified atom stereocenters. The lowest BCUT2D eigenvalue weighted by molar-refractivity contribution is 0.601. The number of rotatable bonds is 4. The van der Waals surface area contributed by atoms with Crippen LogP contribution in [0.15, 0.2) is 47.4 Å². The smallest absolute Gasteiger partial charge is 0.261 e. The lowest BCUT2D eigenvalue weighted by Crippen LogP contribution is -2.14. The summed E-state index contributed by atoms with van der Waals surface area (Å²) < 4.78 is 27.2. The van der Waals surface area contributed by atoms with Crippen molar-refractivity contribution in [1.29, 1.82) is 0 Å². The summed E-state index contributed by atoms with van der Waals surface area (Å²) in [4.78, 5) is 0.0813. The molecule has 0 aliphatic carbocycles. The number of sulfonamides is 1. The number of para-hydroxylation sites is 1. The molecule has 6 heteroatoms. The van der Waals surface area contributed by atoms with Crippen molar-refractivity contribution in [2.24, 2.45) is 0 Å². The van der Waals surface area contributed by atoms with Gasteiger partial charge in [-0.2, -0.15) is 0 Å².